The number of carbonyl (C=O) groups excluding carboxylic acids is 1. The minimum atomic E-state index is -0.594. The number of aromatic nitrogens is 1. The van der Waals surface area contributed by atoms with Crippen LogP contribution in [0.3, 0.4) is 0 Å². The zero-order valence-corrected chi connectivity index (χ0v) is 14.7. The van der Waals surface area contributed by atoms with E-state index in [1.807, 2.05) is 48.7 Å². The van der Waals surface area contributed by atoms with Gasteiger partial charge >= 0.3 is 0 Å². The Bertz CT molecular complexity index is 908. The van der Waals surface area contributed by atoms with Crippen molar-refractivity contribution < 1.29 is 4.79 Å². The number of amides is 1. The zero-order chi connectivity index (χ0) is 17.4. The normalized spacial score (nSPS) is 21.7. The molecule has 1 aliphatic rings. The molecule has 2 atom stereocenters. The molecule has 1 aliphatic carbocycles. The van der Waals surface area contributed by atoms with Crippen LogP contribution >= 0.6 is 11.3 Å². The Kier molecular flexibility index (Phi) is 3.81. The molecule has 3 aromatic rings. The van der Waals surface area contributed by atoms with Gasteiger partial charge in [-0.05, 0) is 42.2 Å². The van der Waals surface area contributed by atoms with Crippen LogP contribution in [-0.2, 0) is 11.2 Å². The third kappa shape index (κ3) is 2.70. The summed E-state index contributed by atoms with van der Waals surface area (Å²) in [5.74, 6) is -0.0433. The Morgan fingerprint density at radius 1 is 1.28 bits per heavy atom. The maximum absolute atomic E-state index is 13.2. The van der Waals surface area contributed by atoms with Crippen LogP contribution in [0, 0.1) is 5.41 Å². The molecule has 2 unspecified atom stereocenters. The van der Waals surface area contributed by atoms with E-state index in [2.05, 4.69) is 22.4 Å². The fourth-order valence-electron chi connectivity index (χ4n) is 3.81. The van der Waals surface area contributed by atoms with Gasteiger partial charge in [-0.15, -0.1) is 11.3 Å². The SMILES string of the molecule is CC1(C(=O)Nc2nccs2)Cc2ccc(N)cc2C1c1ccccc1. The lowest BCUT2D eigenvalue weighted by atomic mass is 9.73. The van der Waals surface area contributed by atoms with E-state index in [9.17, 15) is 4.79 Å². The van der Waals surface area contributed by atoms with Crippen molar-refractivity contribution in [2.45, 2.75) is 19.3 Å². The Balaban J connectivity index is 1.79. The summed E-state index contributed by atoms with van der Waals surface area (Å²) in [5.41, 5.74) is 9.62. The van der Waals surface area contributed by atoms with Crippen molar-refractivity contribution in [1.29, 1.82) is 0 Å². The summed E-state index contributed by atoms with van der Waals surface area (Å²) in [4.78, 5) is 17.4. The molecule has 0 saturated carbocycles. The lowest BCUT2D eigenvalue weighted by Crippen LogP contribution is -2.37. The van der Waals surface area contributed by atoms with Crippen molar-refractivity contribution in [3.05, 3.63) is 76.8 Å². The van der Waals surface area contributed by atoms with Gasteiger partial charge in [-0.2, -0.15) is 0 Å². The maximum atomic E-state index is 13.2. The number of hydrogen-bond donors (Lipinski definition) is 2. The molecule has 0 radical (unpaired) electrons. The van der Waals surface area contributed by atoms with E-state index in [1.165, 1.54) is 16.9 Å². The Morgan fingerprint density at radius 2 is 2.08 bits per heavy atom. The third-order valence-electron chi connectivity index (χ3n) is 4.98. The number of carbonyl (C=O) groups is 1. The summed E-state index contributed by atoms with van der Waals surface area (Å²) in [5, 5.41) is 5.48. The van der Waals surface area contributed by atoms with E-state index in [4.69, 9.17) is 5.73 Å². The quantitative estimate of drug-likeness (QED) is 0.701. The van der Waals surface area contributed by atoms with Gasteiger partial charge in [0.2, 0.25) is 5.91 Å². The van der Waals surface area contributed by atoms with Crippen LogP contribution in [0.15, 0.2) is 60.1 Å². The van der Waals surface area contributed by atoms with Crippen LogP contribution < -0.4 is 11.1 Å². The first kappa shape index (κ1) is 15.8. The predicted octanol–water partition coefficient (Wildman–Crippen LogP) is 4.06. The number of nitrogens with two attached hydrogens (primary N) is 1. The molecule has 25 heavy (non-hydrogen) atoms. The van der Waals surface area contributed by atoms with Gasteiger partial charge in [-0.1, -0.05) is 36.4 Å². The van der Waals surface area contributed by atoms with Crippen molar-refractivity contribution in [3.63, 3.8) is 0 Å². The highest BCUT2D eigenvalue weighted by Crippen LogP contribution is 2.51. The Hall–Kier alpha value is -2.66. The number of thiazole rings is 1. The van der Waals surface area contributed by atoms with E-state index >= 15 is 0 Å². The molecule has 4 nitrogen and oxygen atoms in total. The van der Waals surface area contributed by atoms with Crippen LogP contribution in [-0.4, -0.2) is 10.9 Å². The van der Waals surface area contributed by atoms with Crippen LogP contribution in [0.25, 0.3) is 0 Å². The molecule has 0 fully saturated rings. The van der Waals surface area contributed by atoms with Gasteiger partial charge in [-0.25, -0.2) is 4.98 Å². The minimum absolute atomic E-state index is 0.00826. The van der Waals surface area contributed by atoms with Gasteiger partial charge in [0.25, 0.3) is 0 Å². The molecule has 0 spiro atoms. The molecule has 3 N–H and O–H groups in total. The molecule has 2 aromatic carbocycles. The molecule has 4 rings (SSSR count). The highest BCUT2D eigenvalue weighted by atomic mass is 32.1. The molecule has 1 heterocycles. The lowest BCUT2D eigenvalue weighted by Gasteiger charge is -2.31. The highest BCUT2D eigenvalue weighted by Gasteiger charge is 2.48. The van der Waals surface area contributed by atoms with E-state index in [1.54, 1.807) is 6.20 Å². The molecule has 0 bridgehead atoms. The maximum Gasteiger partial charge on any atom is 0.233 e. The number of anilines is 2. The van der Waals surface area contributed by atoms with E-state index in [-0.39, 0.29) is 11.8 Å². The van der Waals surface area contributed by atoms with Crippen LogP contribution in [0.4, 0.5) is 10.8 Å². The van der Waals surface area contributed by atoms with Gasteiger partial charge in [0, 0.05) is 23.2 Å². The number of nitrogens with zero attached hydrogens (tertiary/aromatic N) is 1. The standard InChI is InChI=1S/C20H19N3OS/c1-20(18(24)23-19-22-9-10-25-19)12-14-7-8-15(21)11-16(14)17(20)13-5-3-2-4-6-13/h2-11,17H,12,21H2,1H3,(H,22,23,24). The average Bonchev–Trinajstić information content (AvgIpc) is 3.21. The molecule has 126 valence electrons. The van der Waals surface area contributed by atoms with Crippen LogP contribution in [0.1, 0.15) is 29.5 Å². The summed E-state index contributed by atoms with van der Waals surface area (Å²) in [6.45, 7) is 2.03. The Morgan fingerprint density at radius 3 is 2.80 bits per heavy atom. The second-order valence-corrected chi connectivity index (χ2v) is 7.58. The summed E-state index contributed by atoms with van der Waals surface area (Å²) in [7, 11) is 0. The first-order chi connectivity index (χ1) is 12.1. The molecule has 0 saturated heterocycles. The second-order valence-electron chi connectivity index (χ2n) is 6.69. The van der Waals surface area contributed by atoms with Gasteiger partial charge in [0.1, 0.15) is 0 Å². The van der Waals surface area contributed by atoms with E-state index in [0.29, 0.717) is 11.6 Å². The van der Waals surface area contributed by atoms with Crippen molar-refractivity contribution in [2.75, 3.05) is 11.1 Å². The van der Waals surface area contributed by atoms with Gasteiger partial charge in [-0.3, -0.25) is 4.79 Å². The van der Waals surface area contributed by atoms with Crippen molar-refractivity contribution in [2.24, 2.45) is 5.41 Å². The number of benzene rings is 2. The largest absolute Gasteiger partial charge is 0.399 e. The summed E-state index contributed by atoms with van der Waals surface area (Å²) >= 11 is 1.43. The molecular weight excluding hydrogens is 330 g/mol. The minimum Gasteiger partial charge on any atom is -0.399 e. The molecule has 1 aromatic heterocycles. The van der Waals surface area contributed by atoms with E-state index < -0.39 is 5.41 Å². The fraction of sp³-hybridized carbons (Fsp3) is 0.200. The van der Waals surface area contributed by atoms with Gasteiger partial charge < -0.3 is 11.1 Å². The highest BCUT2D eigenvalue weighted by molar-refractivity contribution is 7.13. The van der Waals surface area contributed by atoms with E-state index in [0.717, 1.165) is 16.8 Å². The molecule has 1 amide bonds. The predicted molar refractivity (Wildman–Crippen MR) is 102 cm³/mol. The average molecular weight is 349 g/mol. The topological polar surface area (TPSA) is 68.0 Å². The first-order valence-electron chi connectivity index (χ1n) is 8.22. The molecule has 5 heteroatoms. The monoisotopic (exact) mass is 349 g/mol. The van der Waals surface area contributed by atoms with Crippen molar-refractivity contribution >= 4 is 28.1 Å². The summed E-state index contributed by atoms with van der Waals surface area (Å²) < 4.78 is 0. The zero-order valence-electron chi connectivity index (χ0n) is 13.9. The van der Waals surface area contributed by atoms with Crippen LogP contribution in [0.2, 0.25) is 0 Å². The molecule has 0 aliphatic heterocycles. The number of nitrogens with one attached hydrogen (secondary N) is 1. The number of hydrogen-bond acceptors (Lipinski definition) is 4. The Labute approximate surface area is 150 Å². The number of fused-ring (bicyclic) bond motifs is 1. The smallest absolute Gasteiger partial charge is 0.233 e. The third-order valence-corrected chi connectivity index (χ3v) is 5.67. The molecular formula is C20H19N3OS. The lowest BCUT2D eigenvalue weighted by molar-refractivity contribution is -0.125. The fourth-order valence-corrected chi connectivity index (χ4v) is 4.34. The number of rotatable bonds is 3. The summed E-state index contributed by atoms with van der Waals surface area (Å²) in [6, 6.07) is 16.1. The number of nitrogen functional groups attached to an aromatic ring is 1. The second kappa shape index (κ2) is 6.01. The summed E-state index contributed by atoms with van der Waals surface area (Å²) in [6.07, 6.45) is 2.38. The van der Waals surface area contributed by atoms with Gasteiger partial charge in [0.05, 0.1) is 5.41 Å². The van der Waals surface area contributed by atoms with Crippen molar-refractivity contribution in [3.8, 4) is 0 Å². The van der Waals surface area contributed by atoms with Crippen LogP contribution in [0.5, 0.6) is 0 Å². The van der Waals surface area contributed by atoms with Crippen molar-refractivity contribution in [1.82, 2.24) is 4.98 Å². The first-order valence-corrected chi connectivity index (χ1v) is 9.10. The van der Waals surface area contributed by atoms with Gasteiger partial charge in [0.15, 0.2) is 5.13 Å².